The van der Waals surface area contributed by atoms with E-state index in [1.807, 2.05) is 78.2 Å². The lowest BCUT2D eigenvalue weighted by molar-refractivity contribution is -0.122. The van der Waals surface area contributed by atoms with Crippen molar-refractivity contribution in [2.75, 3.05) is 0 Å². The zero-order valence-corrected chi connectivity index (χ0v) is 19.2. The molecule has 5 rings (SSSR count). The molecule has 0 saturated carbocycles. The molecule has 3 aromatic carbocycles. The van der Waals surface area contributed by atoms with Gasteiger partial charge in [-0.2, -0.15) is 5.10 Å². The lowest BCUT2D eigenvalue weighted by atomic mass is 10.1. The number of aromatic nitrogens is 3. The van der Waals surface area contributed by atoms with Gasteiger partial charge in [0.25, 0.3) is 5.56 Å². The van der Waals surface area contributed by atoms with Crippen LogP contribution < -0.4 is 10.9 Å². The average Bonchev–Trinajstić information content (AvgIpc) is 3.17. The molecule has 0 fully saturated rings. The standard InChI is InChI=1S/C28H26N4O2/c1-19-10-6-7-13-22(19)17-31-25-15-9-8-14-23(25)24-16-29-32(28(34)27(24)31)18-26(33)30-20(2)21-11-4-3-5-12-21/h3-16,20H,17-18H2,1-2H3,(H,30,33)/t20-/m0/s1. The highest BCUT2D eigenvalue weighted by Gasteiger charge is 2.18. The monoisotopic (exact) mass is 450 g/mol. The summed E-state index contributed by atoms with van der Waals surface area (Å²) in [7, 11) is 0. The maximum absolute atomic E-state index is 13.6. The second-order valence-electron chi connectivity index (χ2n) is 8.60. The van der Waals surface area contributed by atoms with Gasteiger partial charge < -0.3 is 9.88 Å². The molecule has 0 bridgehead atoms. The van der Waals surface area contributed by atoms with E-state index in [0.717, 1.165) is 33.0 Å². The Bertz CT molecular complexity index is 1550. The van der Waals surface area contributed by atoms with Crippen LogP contribution in [0.5, 0.6) is 0 Å². The summed E-state index contributed by atoms with van der Waals surface area (Å²) in [5.41, 5.74) is 4.57. The Morgan fingerprint density at radius 2 is 1.65 bits per heavy atom. The van der Waals surface area contributed by atoms with E-state index in [-0.39, 0.29) is 24.1 Å². The molecule has 0 saturated heterocycles. The van der Waals surface area contributed by atoms with Crippen molar-refractivity contribution in [3.8, 4) is 0 Å². The first-order chi connectivity index (χ1) is 16.5. The van der Waals surface area contributed by atoms with Crippen LogP contribution >= 0.6 is 0 Å². The van der Waals surface area contributed by atoms with Crippen LogP contribution in [-0.2, 0) is 17.9 Å². The topological polar surface area (TPSA) is 68.9 Å². The maximum atomic E-state index is 13.6. The summed E-state index contributed by atoms with van der Waals surface area (Å²) in [6.07, 6.45) is 1.70. The van der Waals surface area contributed by atoms with Gasteiger partial charge in [0.15, 0.2) is 0 Å². The minimum absolute atomic E-state index is 0.141. The van der Waals surface area contributed by atoms with Crippen molar-refractivity contribution in [1.29, 1.82) is 0 Å². The highest BCUT2D eigenvalue weighted by atomic mass is 16.2. The van der Waals surface area contributed by atoms with Crippen molar-refractivity contribution in [3.63, 3.8) is 0 Å². The minimum Gasteiger partial charge on any atom is -0.348 e. The van der Waals surface area contributed by atoms with E-state index in [2.05, 4.69) is 29.5 Å². The Hall–Kier alpha value is -4.19. The molecule has 2 heterocycles. The number of hydrogen-bond acceptors (Lipinski definition) is 3. The van der Waals surface area contributed by atoms with Crippen LogP contribution in [0.2, 0.25) is 0 Å². The summed E-state index contributed by atoms with van der Waals surface area (Å²) in [6.45, 7) is 4.42. The second kappa shape index (κ2) is 8.98. The van der Waals surface area contributed by atoms with Crippen molar-refractivity contribution >= 4 is 27.7 Å². The molecule has 170 valence electrons. The largest absolute Gasteiger partial charge is 0.348 e. The third kappa shape index (κ3) is 3.99. The molecule has 1 atom stereocenters. The highest BCUT2D eigenvalue weighted by molar-refractivity contribution is 6.07. The molecule has 0 unspecified atom stereocenters. The summed E-state index contributed by atoms with van der Waals surface area (Å²) >= 11 is 0. The fourth-order valence-corrected chi connectivity index (χ4v) is 4.48. The second-order valence-corrected chi connectivity index (χ2v) is 8.60. The zero-order valence-electron chi connectivity index (χ0n) is 19.2. The predicted octanol–water partition coefficient (Wildman–Crippen LogP) is 4.59. The van der Waals surface area contributed by atoms with Gasteiger partial charge in [0, 0.05) is 22.8 Å². The number of para-hydroxylation sites is 1. The molecule has 6 nitrogen and oxygen atoms in total. The Balaban J connectivity index is 1.53. The first-order valence-corrected chi connectivity index (χ1v) is 11.4. The number of carbonyl (C=O) groups is 1. The molecule has 1 amide bonds. The van der Waals surface area contributed by atoms with Gasteiger partial charge in [-0.3, -0.25) is 9.59 Å². The molecule has 2 aromatic heterocycles. The van der Waals surface area contributed by atoms with Gasteiger partial charge in [-0.25, -0.2) is 4.68 Å². The predicted molar refractivity (Wildman–Crippen MR) is 135 cm³/mol. The van der Waals surface area contributed by atoms with Crippen LogP contribution in [0, 0.1) is 6.92 Å². The number of amides is 1. The van der Waals surface area contributed by atoms with Crippen molar-refractivity contribution < 1.29 is 4.79 Å². The highest BCUT2D eigenvalue weighted by Crippen LogP contribution is 2.27. The smallest absolute Gasteiger partial charge is 0.291 e. The Labute approximate surface area is 197 Å². The van der Waals surface area contributed by atoms with Crippen LogP contribution in [0.25, 0.3) is 21.8 Å². The fourth-order valence-electron chi connectivity index (χ4n) is 4.48. The van der Waals surface area contributed by atoms with Crippen molar-refractivity contribution in [3.05, 3.63) is 112 Å². The van der Waals surface area contributed by atoms with Crippen LogP contribution in [0.1, 0.15) is 29.7 Å². The van der Waals surface area contributed by atoms with Crippen LogP contribution in [0.3, 0.4) is 0 Å². The lowest BCUT2D eigenvalue weighted by Crippen LogP contribution is -2.35. The number of carbonyl (C=O) groups excluding carboxylic acids is 1. The summed E-state index contributed by atoms with van der Waals surface area (Å²) in [5, 5.41) is 9.08. The molecule has 0 aliphatic carbocycles. The molecule has 34 heavy (non-hydrogen) atoms. The third-order valence-electron chi connectivity index (χ3n) is 6.33. The first-order valence-electron chi connectivity index (χ1n) is 11.4. The summed E-state index contributed by atoms with van der Waals surface area (Å²) < 4.78 is 3.29. The molecule has 5 aromatic rings. The number of aryl methyl sites for hydroxylation is 1. The van der Waals surface area contributed by atoms with Gasteiger partial charge in [0.1, 0.15) is 12.1 Å². The van der Waals surface area contributed by atoms with Gasteiger partial charge in [-0.05, 0) is 36.6 Å². The maximum Gasteiger partial charge on any atom is 0.291 e. The third-order valence-corrected chi connectivity index (χ3v) is 6.33. The minimum atomic E-state index is -0.273. The van der Waals surface area contributed by atoms with E-state index in [0.29, 0.717) is 12.1 Å². The number of benzene rings is 3. The molecule has 6 heteroatoms. The average molecular weight is 451 g/mol. The van der Waals surface area contributed by atoms with E-state index >= 15 is 0 Å². The van der Waals surface area contributed by atoms with E-state index in [9.17, 15) is 9.59 Å². The SMILES string of the molecule is Cc1ccccc1Cn1c2ccccc2c2cnn(CC(=O)N[C@@H](C)c3ccccc3)c(=O)c21. The number of fused-ring (bicyclic) bond motifs is 3. The Morgan fingerprint density at radius 1 is 0.941 bits per heavy atom. The van der Waals surface area contributed by atoms with Crippen LogP contribution in [0.4, 0.5) is 0 Å². The van der Waals surface area contributed by atoms with E-state index < -0.39 is 0 Å². The zero-order chi connectivity index (χ0) is 23.7. The Morgan fingerprint density at radius 3 is 2.44 bits per heavy atom. The summed E-state index contributed by atoms with van der Waals surface area (Å²) in [6, 6.07) is 25.7. The number of rotatable bonds is 6. The molecule has 0 aliphatic rings. The molecular formula is C28H26N4O2. The number of nitrogens with one attached hydrogen (secondary N) is 1. The van der Waals surface area contributed by atoms with Gasteiger partial charge in [-0.15, -0.1) is 0 Å². The molecule has 0 spiro atoms. The normalized spacial score (nSPS) is 12.2. The molecular weight excluding hydrogens is 424 g/mol. The first kappa shape index (κ1) is 21.6. The van der Waals surface area contributed by atoms with Crippen molar-refractivity contribution in [2.45, 2.75) is 33.0 Å². The van der Waals surface area contributed by atoms with Gasteiger partial charge in [0.05, 0.1) is 12.2 Å². The summed E-state index contributed by atoms with van der Waals surface area (Å²) in [5.74, 6) is -0.258. The van der Waals surface area contributed by atoms with Crippen LogP contribution in [-0.4, -0.2) is 20.3 Å². The molecule has 0 aliphatic heterocycles. The van der Waals surface area contributed by atoms with Crippen molar-refractivity contribution in [2.24, 2.45) is 0 Å². The van der Waals surface area contributed by atoms with E-state index in [1.165, 1.54) is 4.68 Å². The Kier molecular flexibility index (Phi) is 5.72. The van der Waals surface area contributed by atoms with Crippen LogP contribution in [0.15, 0.2) is 89.9 Å². The van der Waals surface area contributed by atoms with Gasteiger partial charge in [-0.1, -0.05) is 72.8 Å². The number of nitrogens with zero attached hydrogens (tertiary/aromatic N) is 3. The molecule has 0 radical (unpaired) electrons. The number of hydrogen-bond donors (Lipinski definition) is 1. The lowest BCUT2D eigenvalue weighted by Gasteiger charge is -2.15. The van der Waals surface area contributed by atoms with Gasteiger partial charge in [0.2, 0.25) is 5.91 Å². The van der Waals surface area contributed by atoms with Crippen molar-refractivity contribution in [1.82, 2.24) is 19.7 Å². The van der Waals surface area contributed by atoms with Gasteiger partial charge >= 0.3 is 0 Å². The van der Waals surface area contributed by atoms with E-state index in [4.69, 9.17) is 0 Å². The molecule has 1 N–H and O–H groups in total. The van der Waals surface area contributed by atoms with E-state index in [1.54, 1.807) is 6.20 Å². The fraction of sp³-hybridized carbons (Fsp3) is 0.179. The quantitative estimate of drug-likeness (QED) is 0.412. The summed E-state index contributed by atoms with van der Waals surface area (Å²) in [4.78, 5) is 26.3.